The third kappa shape index (κ3) is 5.31. The van der Waals surface area contributed by atoms with Crippen LogP contribution in [0.5, 0.6) is 5.75 Å². The summed E-state index contributed by atoms with van der Waals surface area (Å²) in [5, 5.41) is 2.87. The first-order valence-corrected chi connectivity index (χ1v) is 12.7. The van der Waals surface area contributed by atoms with E-state index in [0.29, 0.717) is 26.0 Å². The number of benzene rings is 2. The van der Waals surface area contributed by atoms with Crippen molar-refractivity contribution in [2.45, 2.75) is 64.4 Å². The van der Waals surface area contributed by atoms with Crippen molar-refractivity contribution in [2.75, 3.05) is 6.54 Å². The summed E-state index contributed by atoms with van der Waals surface area (Å²) in [7, 11) is 0. The van der Waals surface area contributed by atoms with Gasteiger partial charge in [0.05, 0.1) is 0 Å². The quantitative estimate of drug-likeness (QED) is 0.519. The number of ketones is 1. The molecule has 2 aromatic carbocycles. The van der Waals surface area contributed by atoms with Crippen molar-refractivity contribution in [3.05, 3.63) is 65.7 Å². The summed E-state index contributed by atoms with van der Waals surface area (Å²) in [5.74, 6) is 2.61. The summed E-state index contributed by atoms with van der Waals surface area (Å²) in [6.07, 6.45) is 10.0. The lowest BCUT2D eigenvalue weighted by atomic mass is 9.67. The van der Waals surface area contributed by atoms with Crippen molar-refractivity contribution >= 4 is 11.7 Å². The Labute approximate surface area is 197 Å². The topological polar surface area (TPSA) is 55.4 Å². The van der Waals surface area contributed by atoms with E-state index in [-0.39, 0.29) is 11.2 Å². The Kier molecular flexibility index (Phi) is 6.52. The maximum atomic E-state index is 12.8. The second kappa shape index (κ2) is 9.70. The number of ether oxygens (including phenoxy) is 1. The van der Waals surface area contributed by atoms with Crippen LogP contribution in [0, 0.1) is 23.2 Å². The number of fused-ring (bicyclic) bond motifs is 2. The molecule has 3 saturated carbocycles. The molecule has 3 aliphatic rings. The van der Waals surface area contributed by atoms with Crippen molar-refractivity contribution in [3.63, 3.8) is 0 Å². The highest BCUT2D eigenvalue weighted by molar-refractivity contribution is 6.36. The van der Waals surface area contributed by atoms with Gasteiger partial charge >= 0.3 is 0 Å². The first-order chi connectivity index (χ1) is 16.1. The van der Waals surface area contributed by atoms with Crippen LogP contribution < -0.4 is 10.1 Å². The summed E-state index contributed by atoms with van der Waals surface area (Å²) in [4.78, 5) is 25.3. The van der Waals surface area contributed by atoms with Gasteiger partial charge in [0.1, 0.15) is 12.4 Å². The number of amides is 1. The van der Waals surface area contributed by atoms with Crippen molar-refractivity contribution < 1.29 is 14.3 Å². The van der Waals surface area contributed by atoms with Crippen molar-refractivity contribution in [3.8, 4) is 5.75 Å². The highest BCUT2D eigenvalue weighted by Crippen LogP contribution is 2.61. The molecule has 174 valence electrons. The summed E-state index contributed by atoms with van der Waals surface area (Å²) >= 11 is 0. The van der Waals surface area contributed by atoms with Crippen LogP contribution in [-0.2, 0) is 22.6 Å². The Balaban J connectivity index is 1.06. The molecule has 4 unspecified atom stereocenters. The van der Waals surface area contributed by atoms with E-state index in [1.165, 1.54) is 38.5 Å². The van der Waals surface area contributed by atoms with Gasteiger partial charge in [0, 0.05) is 13.0 Å². The molecule has 4 heteroatoms. The van der Waals surface area contributed by atoms with Gasteiger partial charge in [0.2, 0.25) is 5.78 Å². The molecule has 4 atom stereocenters. The molecule has 0 heterocycles. The molecule has 0 radical (unpaired) electrons. The molecule has 2 aromatic rings. The highest BCUT2D eigenvalue weighted by Gasteiger charge is 2.52. The van der Waals surface area contributed by atoms with E-state index in [4.69, 9.17) is 4.74 Å². The Morgan fingerprint density at radius 1 is 0.909 bits per heavy atom. The molecule has 5 rings (SSSR count). The molecule has 0 aliphatic heterocycles. The van der Waals surface area contributed by atoms with Crippen LogP contribution in [0.2, 0.25) is 0 Å². The minimum absolute atomic E-state index is 0.114. The molecule has 33 heavy (non-hydrogen) atoms. The van der Waals surface area contributed by atoms with E-state index in [0.717, 1.165) is 41.1 Å². The Hall–Kier alpha value is -2.62. The first-order valence-electron chi connectivity index (χ1n) is 12.7. The largest absolute Gasteiger partial charge is 0.489 e. The fourth-order valence-electron chi connectivity index (χ4n) is 6.87. The van der Waals surface area contributed by atoms with E-state index in [2.05, 4.69) is 5.32 Å². The third-order valence-corrected chi connectivity index (χ3v) is 8.26. The molecule has 3 bridgehead atoms. The maximum Gasteiger partial charge on any atom is 0.287 e. The molecule has 1 amide bonds. The average Bonchev–Trinajstić information content (AvgIpc) is 2.98. The van der Waals surface area contributed by atoms with Crippen LogP contribution in [0.15, 0.2) is 54.6 Å². The zero-order chi connectivity index (χ0) is 22.7. The van der Waals surface area contributed by atoms with Gasteiger partial charge in [-0.05, 0) is 78.5 Å². The average molecular weight is 446 g/mol. The van der Waals surface area contributed by atoms with Crippen LogP contribution in [0.4, 0.5) is 0 Å². The zero-order valence-corrected chi connectivity index (χ0v) is 19.4. The third-order valence-electron chi connectivity index (χ3n) is 8.26. The van der Waals surface area contributed by atoms with Gasteiger partial charge in [-0.2, -0.15) is 0 Å². The van der Waals surface area contributed by atoms with Crippen LogP contribution in [0.3, 0.4) is 0 Å². The second-order valence-corrected chi connectivity index (χ2v) is 10.7. The standard InChI is InChI=1S/C29H35NO3/c31-27(19-29-16-23-7-4-8-24(17-29)25(15-23)18-29)28(32)30-14-13-21-9-11-26(12-10-21)33-20-22-5-2-1-3-6-22/h1-3,5-6,9-12,23-25H,4,7-8,13-20H2,(H,30,32). The van der Waals surface area contributed by atoms with Crippen LogP contribution in [0.1, 0.15) is 62.5 Å². The summed E-state index contributed by atoms with van der Waals surface area (Å²) in [6, 6.07) is 18.1. The number of rotatable bonds is 9. The number of Topliss-reactive ketones (excluding diaryl/α,β-unsaturated/α-hetero) is 1. The zero-order valence-electron chi connectivity index (χ0n) is 19.4. The summed E-state index contributed by atoms with van der Waals surface area (Å²) < 4.78 is 5.83. The predicted octanol–water partition coefficient (Wildman–Crippen LogP) is 5.49. The molecule has 4 nitrogen and oxygen atoms in total. The minimum atomic E-state index is -0.397. The first kappa shape index (κ1) is 22.2. The molecule has 0 saturated heterocycles. The van der Waals surface area contributed by atoms with E-state index >= 15 is 0 Å². The molecular weight excluding hydrogens is 410 g/mol. The van der Waals surface area contributed by atoms with Crippen molar-refractivity contribution in [1.29, 1.82) is 0 Å². The lowest BCUT2D eigenvalue weighted by Gasteiger charge is -2.37. The maximum absolute atomic E-state index is 12.8. The van der Waals surface area contributed by atoms with Gasteiger partial charge in [-0.3, -0.25) is 9.59 Å². The van der Waals surface area contributed by atoms with Crippen molar-refractivity contribution in [2.24, 2.45) is 23.2 Å². The smallest absolute Gasteiger partial charge is 0.287 e. The lowest BCUT2D eigenvalue weighted by Crippen LogP contribution is -2.37. The van der Waals surface area contributed by atoms with Gasteiger partial charge in [-0.15, -0.1) is 0 Å². The highest BCUT2D eigenvalue weighted by atomic mass is 16.5. The SMILES string of the molecule is O=C(CC12CC3CCCC(C1)C(C3)C2)C(=O)NCCc1ccc(OCc2ccccc2)cc1. The predicted molar refractivity (Wildman–Crippen MR) is 129 cm³/mol. The van der Waals surface area contributed by atoms with Crippen molar-refractivity contribution in [1.82, 2.24) is 5.32 Å². The van der Waals surface area contributed by atoms with Gasteiger partial charge < -0.3 is 10.1 Å². The molecule has 0 spiro atoms. The van der Waals surface area contributed by atoms with Crippen LogP contribution >= 0.6 is 0 Å². The Morgan fingerprint density at radius 3 is 2.52 bits per heavy atom. The lowest BCUT2D eigenvalue weighted by molar-refractivity contribution is -0.139. The molecule has 3 fully saturated rings. The number of carbonyl (C=O) groups is 2. The van der Waals surface area contributed by atoms with E-state index in [9.17, 15) is 9.59 Å². The van der Waals surface area contributed by atoms with Gasteiger partial charge in [0.15, 0.2) is 0 Å². The van der Waals surface area contributed by atoms with Gasteiger partial charge in [-0.25, -0.2) is 0 Å². The Bertz CT molecular complexity index is 966. The van der Waals surface area contributed by atoms with E-state index in [1.807, 2.05) is 54.6 Å². The van der Waals surface area contributed by atoms with Crippen LogP contribution in [-0.4, -0.2) is 18.2 Å². The molecule has 0 aromatic heterocycles. The number of hydrogen-bond acceptors (Lipinski definition) is 3. The van der Waals surface area contributed by atoms with Gasteiger partial charge in [0.25, 0.3) is 5.91 Å². The minimum Gasteiger partial charge on any atom is -0.489 e. The van der Waals surface area contributed by atoms with Crippen LogP contribution in [0.25, 0.3) is 0 Å². The molecule has 3 aliphatic carbocycles. The fourth-order valence-corrected chi connectivity index (χ4v) is 6.87. The number of hydrogen-bond donors (Lipinski definition) is 1. The second-order valence-electron chi connectivity index (χ2n) is 10.7. The Morgan fingerprint density at radius 2 is 1.70 bits per heavy atom. The fraction of sp³-hybridized carbons (Fsp3) is 0.517. The van der Waals surface area contributed by atoms with E-state index in [1.54, 1.807) is 0 Å². The van der Waals surface area contributed by atoms with E-state index < -0.39 is 5.91 Å². The monoisotopic (exact) mass is 445 g/mol. The molecular formula is C29H35NO3. The molecule has 1 N–H and O–H groups in total. The summed E-state index contributed by atoms with van der Waals surface area (Å²) in [6.45, 7) is 1.03. The number of carbonyl (C=O) groups excluding carboxylic acids is 2. The summed E-state index contributed by atoms with van der Waals surface area (Å²) in [5.41, 5.74) is 2.37. The van der Waals surface area contributed by atoms with Gasteiger partial charge in [-0.1, -0.05) is 61.7 Å². The number of nitrogens with one attached hydrogen (secondary N) is 1. The normalized spacial score (nSPS) is 27.7.